The third kappa shape index (κ3) is 4.23. The molecule has 0 aliphatic rings. The van der Waals surface area contributed by atoms with Crippen LogP contribution >= 0.6 is 0 Å². The molecule has 0 saturated heterocycles. The van der Waals surface area contributed by atoms with Crippen molar-refractivity contribution in [3.8, 4) is 0 Å². The van der Waals surface area contributed by atoms with E-state index in [0.717, 1.165) is 12.1 Å². The molecular formula is C10H14FN3O4S. The fourth-order valence-electron chi connectivity index (χ4n) is 1.17. The molecule has 3 N–H and O–H groups in total. The van der Waals surface area contributed by atoms with Gasteiger partial charge in [-0.2, -0.15) is 4.39 Å². The smallest absolute Gasteiger partial charge is 0.304 e. The van der Waals surface area contributed by atoms with Gasteiger partial charge in [0.05, 0.1) is 9.82 Å². The van der Waals surface area contributed by atoms with E-state index in [2.05, 4.69) is 4.72 Å². The van der Waals surface area contributed by atoms with Gasteiger partial charge < -0.3 is 5.73 Å². The van der Waals surface area contributed by atoms with E-state index in [-0.39, 0.29) is 11.4 Å². The zero-order chi connectivity index (χ0) is 14.8. The Labute approximate surface area is 109 Å². The van der Waals surface area contributed by atoms with Crippen LogP contribution in [-0.4, -0.2) is 25.4 Å². The van der Waals surface area contributed by atoms with Gasteiger partial charge in [-0.3, -0.25) is 10.1 Å². The van der Waals surface area contributed by atoms with Crippen molar-refractivity contribution in [2.75, 3.05) is 6.54 Å². The molecule has 0 heterocycles. The van der Waals surface area contributed by atoms with Crippen LogP contribution in [0.1, 0.15) is 13.8 Å². The van der Waals surface area contributed by atoms with Crippen molar-refractivity contribution in [2.24, 2.45) is 5.73 Å². The fraction of sp³-hybridized carbons (Fsp3) is 0.400. The predicted octanol–water partition coefficient (Wildman–Crippen LogP) is 0.750. The Morgan fingerprint density at radius 1 is 1.47 bits per heavy atom. The van der Waals surface area contributed by atoms with Gasteiger partial charge in [0.25, 0.3) is 0 Å². The summed E-state index contributed by atoms with van der Waals surface area (Å²) in [5.41, 5.74) is 4.07. The van der Waals surface area contributed by atoms with Gasteiger partial charge in [0, 0.05) is 24.2 Å². The van der Waals surface area contributed by atoms with Crippen molar-refractivity contribution >= 4 is 15.7 Å². The lowest BCUT2D eigenvalue weighted by Gasteiger charge is -2.18. The molecule has 0 saturated carbocycles. The number of sulfonamides is 1. The maximum atomic E-state index is 13.3. The van der Waals surface area contributed by atoms with Gasteiger partial charge >= 0.3 is 5.69 Å². The number of nitrogens with zero attached hydrogens (tertiary/aromatic N) is 1. The molecule has 0 amide bonds. The highest BCUT2D eigenvalue weighted by atomic mass is 32.2. The van der Waals surface area contributed by atoms with E-state index in [1.807, 2.05) is 0 Å². The summed E-state index contributed by atoms with van der Waals surface area (Å²) in [4.78, 5) is 9.11. The van der Waals surface area contributed by atoms with Crippen LogP contribution in [0.4, 0.5) is 10.1 Å². The minimum Gasteiger partial charge on any atom is -0.324 e. The molecule has 0 aliphatic heterocycles. The molecular weight excluding hydrogens is 277 g/mol. The largest absolute Gasteiger partial charge is 0.324 e. The number of halogens is 1. The predicted molar refractivity (Wildman–Crippen MR) is 66.5 cm³/mol. The van der Waals surface area contributed by atoms with Crippen molar-refractivity contribution in [3.63, 3.8) is 0 Å². The number of nitrogens with one attached hydrogen (secondary N) is 1. The Balaban J connectivity index is 3.03. The number of nitro groups is 1. The number of benzene rings is 1. The molecule has 19 heavy (non-hydrogen) atoms. The van der Waals surface area contributed by atoms with Crippen LogP contribution in [-0.2, 0) is 10.0 Å². The van der Waals surface area contributed by atoms with Gasteiger partial charge in [-0.25, -0.2) is 13.1 Å². The van der Waals surface area contributed by atoms with Crippen LogP contribution in [0.2, 0.25) is 0 Å². The second kappa shape index (κ2) is 5.19. The first kappa shape index (κ1) is 15.5. The summed E-state index contributed by atoms with van der Waals surface area (Å²) in [5, 5.41) is 10.4. The molecule has 106 valence electrons. The fourth-order valence-corrected chi connectivity index (χ4v) is 2.40. The second-order valence-electron chi connectivity index (χ2n) is 4.68. The molecule has 0 aromatic heterocycles. The van der Waals surface area contributed by atoms with Crippen LogP contribution in [0.15, 0.2) is 23.1 Å². The van der Waals surface area contributed by atoms with Crippen molar-refractivity contribution in [1.82, 2.24) is 4.72 Å². The van der Waals surface area contributed by atoms with E-state index in [1.54, 1.807) is 13.8 Å². The van der Waals surface area contributed by atoms with Gasteiger partial charge in [-0.1, -0.05) is 0 Å². The zero-order valence-electron chi connectivity index (χ0n) is 10.4. The maximum absolute atomic E-state index is 13.3. The van der Waals surface area contributed by atoms with E-state index >= 15 is 0 Å². The number of nitro benzene ring substituents is 1. The summed E-state index contributed by atoms with van der Waals surface area (Å²) in [5.74, 6) is -1.21. The minimum atomic E-state index is -3.95. The summed E-state index contributed by atoms with van der Waals surface area (Å²) < 4.78 is 39.2. The molecule has 0 bridgehead atoms. The Morgan fingerprint density at radius 2 is 2.05 bits per heavy atom. The summed E-state index contributed by atoms with van der Waals surface area (Å²) in [6, 6.07) is 2.37. The van der Waals surface area contributed by atoms with Crippen molar-refractivity contribution in [1.29, 1.82) is 0 Å². The van der Waals surface area contributed by atoms with Crippen molar-refractivity contribution in [2.45, 2.75) is 24.3 Å². The van der Waals surface area contributed by atoms with E-state index in [9.17, 15) is 22.9 Å². The number of hydrogen-bond donors (Lipinski definition) is 2. The van der Waals surface area contributed by atoms with Gasteiger partial charge in [0.2, 0.25) is 15.8 Å². The average molecular weight is 291 g/mol. The highest BCUT2D eigenvalue weighted by molar-refractivity contribution is 7.89. The van der Waals surface area contributed by atoms with E-state index < -0.39 is 32.0 Å². The molecule has 0 fully saturated rings. The van der Waals surface area contributed by atoms with E-state index in [1.165, 1.54) is 0 Å². The Morgan fingerprint density at radius 3 is 2.47 bits per heavy atom. The van der Waals surface area contributed by atoms with Crippen molar-refractivity contribution < 1.29 is 17.7 Å². The molecule has 7 nitrogen and oxygen atoms in total. The monoisotopic (exact) mass is 291 g/mol. The Hall–Kier alpha value is -1.58. The lowest BCUT2D eigenvalue weighted by molar-refractivity contribution is -0.387. The molecule has 0 unspecified atom stereocenters. The standard InChI is InChI=1S/C10H14FN3O4S/c1-10(2,12)6-13-19(17,18)7-3-4-9(14(15)16)8(11)5-7/h3-5,13H,6,12H2,1-2H3. The lowest BCUT2D eigenvalue weighted by Crippen LogP contribution is -2.45. The zero-order valence-corrected chi connectivity index (χ0v) is 11.2. The summed E-state index contributed by atoms with van der Waals surface area (Å²) in [7, 11) is -3.95. The Kier molecular flexibility index (Phi) is 4.23. The van der Waals surface area contributed by atoms with Crippen LogP contribution in [0.25, 0.3) is 0 Å². The van der Waals surface area contributed by atoms with Gasteiger partial charge in [0.1, 0.15) is 0 Å². The molecule has 0 spiro atoms. The van der Waals surface area contributed by atoms with Crippen LogP contribution < -0.4 is 10.5 Å². The third-order valence-electron chi connectivity index (χ3n) is 2.14. The second-order valence-corrected chi connectivity index (χ2v) is 6.45. The minimum absolute atomic E-state index is 0.0477. The first-order valence-electron chi connectivity index (χ1n) is 5.25. The first-order chi connectivity index (χ1) is 8.53. The first-order valence-corrected chi connectivity index (χ1v) is 6.74. The molecule has 1 rings (SSSR count). The highest BCUT2D eigenvalue weighted by Crippen LogP contribution is 2.20. The number of nitrogens with two attached hydrogens (primary N) is 1. The van der Waals surface area contributed by atoms with Crippen LogP contribution in [0.3, 0.4) is 0 Å². The number of rotatable bonds is 5. The van der Waals surface area contributed by atoms with Gasteiger partial charge in [-0.05, 0) is 19.9 Å². The van der Waals surface area contributed by atoms with Crippen LogP contribution in [0.5, 0.6) is 0 Å². The molecule has 1 aromatic carbocycles. The normalized spacial score (nSPS) is 12.4. The molecule has 0 radical (unpaired) electrons. The Bertz CT molecular complexity index is 595. The summed E-state index contributed by atoms with van der Waals surface area (Å²) >= 11 is 0. The molecule has 0 atom stereocenters. The highest BCUT2D eigenvalue weighted by Gasteiger charge is 2.22. The van der Waals surface area contributed by atoms with Crippen LogP contribution in [0, 0.1) is 15.9 Å². The summed E-state index contributed by atoms with van der Waals surface area (Å²) in [6.45, 7) is 3.19. The van der Waals surface area contributed by atoms with Gasteiger partial charge in [-0.15, -0.1) is 0 Å². The maximum Gasteiger partial charge on any atom is 0.304 e. The lowest BCUT2D eigenvalue weighted by atomic mass is 10.1. The van der Waals surface area contributed by atoms with E-state index in [4.69, 9.17) is 5.73 Å². The number of hydrogen-bond acceptors (Lipinski definition) is 5. The quantitative estimate of drug-likeness (QED) is 0.613. The SMILES string of the molecule is CC(C)(N)CNS(=O)(=O)c1ccc([N+](=O)[O-])c(F)c1. The summed E-state index contributed by atoms with van der Waals surface area (Å²) in [6.07, 6.45) is 0. The van der Waals surface area contributed by atoms with E-state index in [0.29, 0.717) is 6.07 Å². The average Bonchev–Trinajstić information content (AvgIpc) is 2.25. The molecule has 9 heteroatoms. The molecule has 1 aromatic rings. The topological polar surface area (TPSA) is 115 Å². The van der Waals surface area contributed by atoms with Crippen molar-refractivity contribution in [3.05, 3.63) is 34.1 Å². The van der Waals surface area contributed by atoms with Gasteiger partial charge in [0.15, 0.2) is 0 Å². The third-order valence-corrected chi connectivity index (χ3v) is 3.54. The molecule has 0 aliphatic carbocycles.